The largest absolute Gasteiger partial charge is 0.465 e. The molecular weight excluding hydrogens is 344 g/mol. The van der Waals surface area contributed by atoms with Crippen molar-refractivity contribution >= 4 is 27.6 Å². The number of hydrogen-bond donors (Lipinski definition) is 1. The SMILES string of the molecule is COC(=O)c1ccc(NCc2ccc(Br)cc2)c(F)c1F. The Labute approximate surface area is 129 Å². The molecule has 0 heterocycles. The monoisotopic (exact) mass is 355 g/mol. The quantitative estimate of drug-likeness (QED) is 0.838. The third kappa shape index (κ3) is 3.58. The van der Waals surface area contributed by atoms with Crippen LogP contribution in [0, 0.1) is 11.6 Å². The summed E-state index contributed by atoms with van der Waals surface area (Å²) in [6, 6.07) is 9.92. The fourth-order valence-corrected chi connectivity index (χ4v) is 2.02. The lowest BCUT2D eigenvalue weighted by Gasteiger charge is -2.10. The zero-order chi connectivity index (χ0) is 15.4. The topological polar surface area (TPSA) is 38.3 Å². The average Bonchev–Trinajstić information content (AvgIpc) is 2.49. The Balaban J connectivity index is 2.16. The highest BCUT2D eigenvalue weighted by molar-refractivity contribution is 9.10. The van der Waals surface area contributed by atoms with E-state index in [-0.39, 0.29) is 5.69 Å². The second kappa shape index (κ2) is 6.67. The van der Waals surface area contributed by atoms with Crippen molar-refractivity contribution in [1.29, 1.82) is 0 Å². The minimum atomic E-state index is -1.22. The molecule has 21 heavy (non-hydrogen) atoms. The van der Waals surface area contributed by atoms with Crippen LogP contribution < -0.4 is 5.32 Å². The van der Waals surface area contributed by atoms with E-state index >= 15 is 0 Å². The molecule has 3 nitrogen and oxygen atoms in total. The number of anilines is 1. The predicted octanol–water partition coefficient (Wildman–Crippen LogP) is 4.13. The van der Waals surface area contributed by atoms with E-state index in [0.29, 0.717) is 6.54 Å². The van der Waals surface area contributed by atoms with E-state index < -0.39 is 23.2 Å². The van der Waals surface area contributed by atoms with Crippen molar-refractivity contribution in [3.05, 3.63) is 63.6 Å². The molecule has 0 atom stereocenters. The number of hydrogen-bond acceptors (Lipinski definition) is 3. The van der Waals surface area contributed by atoms with Gasteiger partial charge in [-0.25, -0.2) is 13.6 Å². The predicted molar refractivity (Wildman–Crippen MR) is 79.2 cm³/mol. The highest BCUT2D eigenvalue weighted by Gasteiger charge is 2.18. The van der Waals surface area contributed by atoms with Gasteiger partial charge < -0.3 is 10.1 Å². The smallest absolute Gasteiger partial charge is 0.340 e. The third-order valence-corrected chi connectivity index (χ3v) is 3.41. The maximum atomic E-state index is 13.9. The normalized spacial score (nSPS) is 10.3. The number of nitrogens with one attached hydrogen (secondary N) is 1. The van der Waals surface area contributed by atoms with Crippen LogP contribution in [0.5, 0.6) is 0 Å². The molecule has 2 aromatic carbocycles. The van der Waals surface area contributed by atoms with Crippen molar-refractivity contribution in [2.24, 2.45) is 0 Å². The number of ether oxygens (including phenoxy) is 1. The van der Waals surface area contributed by atoms with Crippen molar-refractivity contribution in [2.45, 2.75) is 6.54 Å². The molecule has 2 rings (SSSR count). The molecule has 0 saturated carbocycles. The highest BCUT2D eigenvalue weighted by Crippen LogP contribution is 2.22. The van der Waals surface area contributed by atoms with E-state index in [9.17, 15) is 13.6 Å². The van der Waals surface area contributed by atoms with E-state index in [4.69, 9.17) is 0 Å². The molecule has 0 fully saturated rings. The van der Waals surface area contributed by atoms with Crippen LogP contribution in [-0.4, -0.2) is 13.1 Å². The van der Waals surface area contributed by atoms with E-state index in [0.717, 1.165) is 17.1 Å². The summed E-state index contributed by atoms with van der Waals surface area (Å²) in [5, 5.41) is 2.79. The van der Waals surface area contributed by atoms with Gasteiger partial charge in [0.25, 0.3) is 0 Å². The molecule has 0 spiro atoms. The van der Waals surface area contributed by atoms with Gasteiger partial charge in [0.05, 0.1) is 18.4 Å². The molecule has 0 saturated heterocycles. The van der Waals surface area contributed by atoms with Crippen molar-refractivity contribution in [3.8, 4) is 0 Å². The van der Waals surface area contributed by atoms with E-state index in [1.165, 1.54) is 12.1 Å². The van der Waals surface area contributed by atoms with E-state index in [1.807, 2.05) is 24.3 Å². The van der Waals surface area contributed by atoms with Crippen molar-refractivity contribution < 1.29 is 18.3 Å². The Morgan fingerprint density at radius 3 is 2.43 bits per heavy atom. The summed E-state index contributed by atoms with van der Waals surface area (Å²) in [5.41, 5.74) is 0.474. The molecule has 0 aliphatic rings. The summed E-state index contributed by atoms with van der Waals surface area (Å²) in [4.78, 5) is 11.3. The van der Waals surface area contributed by atoms with Gasteiger partial charge in [-0.3, -0.25) is 0 Å². The first-order valence-electron chi connectivity index (χ1n) is 6.07. The Hall–Kier alpha value is -1.95. The first-order chi connectivity index (χ1) is 10.0. The fourth-order valence-electron chi connectivity index (χ4n) is 1.75. The minimum absolute atomic E-state index is 0.0110. The summed E-state index contributed by atoms with van der Waals surface area (Å²) < 4.78 is 32.9. The molecule has 6 heteroatoms. The molecule has 0 radical (unpaired) electrons. The Morgan fingerprint density at radius 1 is 1.14 bits per heavy atom. The highest BCUT2D eigenvalue weighted by atomic mass is 79.9. The number of rotatable bonds is 4. The number of benzene rings is 2. The average molecular weight is 356 g/mol. The molecular formula is C15H12BrF2NO2. The van der Waals surface area contributed by atoms with Gasteiger partial charge in [0, 0.05) is 11.0 Å². The van der Waals surface area contributed by atoms with Crippen LogP contribution in [0.2, 0.25) is 0 Å². The summed E-state index contributed by atoms with van der Waals surface area (Å²) in [5.74, 6) is -3.23. The van der Waals surface area contributed by atoms with Crippen LogP contribution in [0.1, 0.15) is 15.9 Å². The third-order valence-electron chi connectivity index (χ3n) is 2.88. The molecule has 0 unspecified atom stereocenters. The molecule has 2 aromatic rings. The molecule has 1 N–H and O–H groups in total. The summed E-state index contributed by atoms with van der Waals surface area (Å²) in [6.45, 7) is 0.335. The molecule has 0 bridgehead atoms. The first kappa shape index (κ1) is 15.4. The first-order valence-corrected chi connectivity index (χ1v) is 6.87. The van der Waals surface area contributed by atoms with Gasteiger partial charge in [0.15, 0.2) is 11.6 Å². The molecule has 0 aliphatic heterocycles. The van der Waals surface area contributed by atoms with Gasteiger partial charge in [-0.2, -0.15) is 0 Å². The lowest BCUT2D eigenvalue weighted by atomic mass is 10.1. The van der Waals surface area contributed by atoms with Gasteiger partial charge in [0.2, 0.25) is 0 Å². The van der Waals surface area contributed by atoms with Crippen LogP contribution in [0.25, 0.3) is 0 Å². The summed E-state index contributed by atoms with van der Waals surface area (Å²) in [6.07, 6.45) is 0. The van der Waals surface area contributed by atoms with Crippen LogP contribution >= 0.6 is 15.9 Å². The van der Waals surface area contributed by atoms with Crippen molar-refractivity contribution in [3.63, 3.8) is 0 Å². The number of esters is 1. The maximum Gasteiger partial charge on any atom is 0.340 e. The van der Waals surface area contributed by atoms with Crippen molar-refractivity contribution in [2.75, 3.05) is 12.4 Å². The summed E-state index contributed by atoms with van der Waals surface area (Å²) >= 11 is 3.32. The van der Waals surface area contributed by atoms with Crippen molar-refractivity contribution in [1.82, 2.24) is 0 Å². The van der Waals surface area contributed by atoms with Gasteiger partial charge >= 0.3 is 5.97 Å². The Kier molecular flexibility index (Phi) is 4.90. The number of halogens is 3. The van der Waals surface area contributed by atoms with Gasteiger partial charge in [-0.15, -0.1) is 0 Å². The molecule has 110 valence electrons. The number of methoxy groups -OCH3 is 1. The maximum absolute atomic E-state index is 13.9. The minimum Gasteiger partial charge on any atom is -0.465 e. The number of carbonyl (C=O) groups excluding carboxylic acids is 1. The number of carbonyl (C=O) groups is 1. The molecule has 0 aromatic heterocycles. The standard InChI is InChI=1S/C15H12BrF2NO2/c1-21-15(20)11-6-7-12(14(18)13(11)17)19-8-9-2-4-10(16)5-3-9/h2-7,19H,8H2,1H3. The Morgan fingerprint density at radius 2 is 1.81 bits per heavy atom. The van der Waals surface area contributed by atoms with E-state index in [2.05, 4.69) is 26.0 Å². The van der Waals surface area contributed by atoms with Crippen LogP contribution in [0.4, 0.5) is 14.5 Å². The molecule has 0 amide bonds. The van der Waals surface area contributed by atoms with Crippen LogP contribution in [-0.2, 0) is 11.3 Å². The second-order valence-electron chi connectivity index (χ2n) is 4.26. The zero-order valence-electron chi connectivity index (χ0n) is 11.1. The van der Waals surface area contributed by atoms with E-state index in [1.54, 1.807) is 0 Å². The van der Waals surface area contributed by atoms with Gasteiger partial charge in [-0.1, -0.05) is 28.1 Å². The lowest BCUT2D eigenvalue weighted by Crippen LogP contribution is -2.09. The summed E-state index contributed by atoms with van der Waals surface area (Å²) in [7, 11) is 1.11. The zero-order valence-corrected chi connectivity index (χ0v) is 12.7. The van der Waals surface area contributed by atoms with Crippen LogP contribution in [0.3, 0.4) is 0 Å². The Bertz CT molecular complexity index is 659. The molecule has 0 aliphatic carbocycles. The van der Waals surface area contributed by atoms with Gasteiger partial charge in [0.1, 0.15) is 0 Å². The lowest BCUT2D eigenvalue weighted by molar-refractivity contribution is 0.0594. The van der Waals surface area contributed by atoms with Gasteiger partial charge in [-0.05, 0) is 29.8 Å². The fraction of sp³-hybridized carbons (Fsp3) is 0.133. The second-order valence-corrected chi connectivity index (χ2v) is 5.18. The van der Waals surface area contributed by atoms with Crippen LogP contribution in [0.15, 0.2) is 40.9 Å².